The van der Waals surface area contributed by atoms with Gasteiger partial charge in [0.2, 0.25) is 5.91 Å². The Balaban J connectivity index is 0.00000363. The standard InChI is InChI=1S/C43H81N3O.C2H6O4S/c1-4-7-9-11-13-15-17-19-20-22-24-26-28-30-32-37-42(47)46-41(36-33-34-40(6-3)43-44-38-39-45-43)35-31-29-27-25-23-21-18-16-14-12-10-8-5-2;1-2-6-7(3,4)5/h19-21,23,40-41H,4-18,22,24-39H2,1-3H3,(H,44,45)(H,46,47);2H2,1H3,(H,3,4,5)/b20-19-,23-21-;. The molecule has 3 N–H and O–H groups in total. The number of hydrogen-bond acceptors (Lipinski definition) is 6. The van der Waals surface area contributed by atoms with Crippen molar-refractivity contribution in [3.63, 3.8) is 0 Å². The summed E-state index contributed by atoms with van der Waals surface area (Å²) in [5.74, 6) is 2.05. The van der Waals surface area contributed by atoms with Crippen molar-refractivity contribution in [2.75, 3.05) is 19.7 Å². The molecule has 318 valence electrons. The highest BCUT2D eigenvalue weighted by molar-refractivity contribution is 7.80. The van der Waals surface area contributed by atoms with Crippen LogP contribution in [0.25, 0.3) is 0 Å². The van der Waals surface area contributed by atoms with E-state index in [1.165, 1.54) is 173 Å². The maximum absolute atomic E-state index is 12.9. The summed E-state index contributed by atoms with van der Waals surface area (Å²) in [7, 11) is -4.17. The number of nitrogens with zero attached hydrogens (tertiary/aromatic N) is 1. The van der Waals surface area contributed by atoms with E-state index in [4.69, 9.17) is 4.55 Å². The minimum atomic E-state index is -4.17. The van der Waals surface area contributed by atoms with Crippen molar-refractivity contribution in [2.45, 2.75) is 226 Å². The molecule has 2 unspecified atom stereocenters. The third-order valence-corrected chi connectivity index (χ3v) is 10.8. The highest BCUT2D eigenvalue weighted by Gasteiger charge is 2.18. The van der Waals surface area contributed by atoms with Gasteiger partial charge in [0.1, 0.15) is 0 Å². The molecule has 0 aromatic carbocycles. The molecule has 0 radical (unpaired) electrons. The number of unbranched alkanes of at least 4 members (excludes halogenated alkanes) is 20. The van der Waals surface area contributed by atoms with E-state index in [9.17, 15) is 13.2 Å². The summed E-state index contributed by atoms with van der Waals surface area (Å²) in [5, 5.41) is 6.95. The quantitative estimate of drug-likeness (QED) is 0.0328. The van der Waals surface area contributed by atoms with Gasteiger partial charge in [-0.05, 0) is 90.4 Å². The zero-order valence-electron chi connectivity index (χ0n) is 35.7. The van der Waals surface area contributed by atoms with E-state index in [-0.39, 0.29) is 12.5 Å². The molecule has 0 spiro atoms. The molecule has 0 aromatic heterocycles. The molecular weight excluding hydrogens is 695 g/mol. The van der Waals surface area contributed by atoms with E-state index in [0.29, 0.717) is 18.4 Å². The van der Waals surface area contributed by atoms with E-state index in [0.717, 1.165) is 38.8 Å². The van der Waals surface area contributed by atoms with Crippen LogP contribution in [0.3, 0.4) is 0 Å². The fraction of sp³-hybridized carbons (Fsp3) is 0.867. The van der Waals surface area contributed by atoms with Crippen LogP contribution in [0.5, 0.6) is 0 Å². The number of carbonyl (C=O) groups is 1. The van der Waals surface area contributed by atoms with Crippen LogP contribution in [0.2, 0.25) is 0 Å². The Morgan fingerprint density at radius 3 is 1.57 bits per heavy atom. The van der Waals surface area contributed by atoms with Crippen LogP contribution in [-0.2, 0) is 19.4 Å². The van der Waals surface area contributed by atoms with Crippen LogP contribution in [0.4, 0.5) is 0 Å². The van der Waals surface area contributed by atoms with E-state index in [2.05, 4.69) is 64.9 Å². The topological polar surface area (TPSA) is 117 Å². The molecular formula is C45H87N3O5S. The second-order valence-corrected chi connectivity index (χ2v) is 16.4. The summed E-state index contributed by atoms with van der Waals surface area (Å²) in [6.07, 6.45) is 47.3. The fourth-order valence-electron chi connectivity index (χ4n) is 7.04. The molecule has 0 saturated carbocycles. The molecule has 1 amide bonds. The van der Waals surface area contributed by atoms with Crippen LogP contribution in [0, 0.1) is 5.92 Å². The van der Waals surface area contributed by atoms with Crippen molar-refractivity contribution >= 4 is 22.1 Å². The number of carbonyl (C=O) groups excluding carboxylic acids is 1. The first-order valence-electron chi connectivity index (χ1n) is 22.8. The zero-order valence-corrected chi connectivity index (χ0v) is 36.6. The fourth-order valence-corrected chi connectivity index (χ4v) is 7.33. The van der Waals surface area contributed by atoms with Crippen molar-refractivity contribution in [1.29, 1.82) is 0 Å². The summed E-state index contributed by atoms with van der Waals surface area (Å²) < 4.78 is 30.7. The minimum absolute atomic E-state index is 0.0289. The highest BCUT2D eigenvalue weighted by atomic mass is 32.3. The number of amidine groups is 1. The molecule has 1 aliphatic rings. The number of aliphatic imine (C=N–C) groups is 1. The molecule has 0 aliphatic carbocycles. The third-order valence-electron chi connectivity index (χ3n) is 10.3. The lowest BCUT2D eigenvalue weighted by Gasteiger charge is -2.21. The van der Waals surface area contributed by atoms with Crippen LogP contribution in [-0.4, -0.2) is 50.5 Å². The van der Waals surface area contributed by atoms with Gasteiger partial charge in [-0.2, -0.15) is 8.42 Å². The second kappa shape index (κ2) is 39.5. The first-order chi connectivity index (χ1) is 26.3. The Labute approximate surface area is 335 Å². The molecule has 1 rings (SSSR count). The van der Waals surface area contributed by atoms with Gasteiger partial charge in [-0.25, -0.2) is 4.18 Å². The third kappa shape index (κ3) is 37.2. The number of amides is 1. The van der Waals surface area contributed by atoms with Gasteiger partial charge in [-0.15, -0.1) is 0 Å². The Hall–Kier alpha value is -1.71. The Morgan fingerprint density at radius 1 is 0.685 bits per heavy atom. The first kappa shape index (κ1) is 52.3. The minimum Gasteiger partial charge on any atom is -0.372 e. The van der Waals surface area contributed by atoms with Gasteiger partial charge in [-0.3, -0.25) is 14.3 Å². The second-order valence-electron chi connectivity index (χ2n) is 15.3. The molecule has 0 aromatic rings. The predicted octanol–water partition coefficient (Wildman–Crippen LogP) is 12.8. The molecule has 0 bridgehead atoms. The van der Waals surface area contributed by atoms with E-state index in [1.807, 2.05) is 0 Å². The molecule has 0 saturated heterocycles. The van der Waals surface area contributed by atoms with Gasteiger partial charge in [0, 0.05) is 24.9 Å². The van der Waals surface area contributed by atoms with Crippen LogP contribution < -0.4 is 10.6 Å². The van der Waals surface area contributed by atoms with Crippen molar-refractivity contribution in [1.82, 2.24) is 10.6 Å². The Morgan fingerprint density at radius 2 is 1.15 bits per heavy atom. The highest BCUT2D eigenvalue weighted by Crippen LogP contribution is 2.19. The number of hydrogen-bond donors (Lipinski definition) is 3. The van der Waals surface area contributed by atoms with Crippen molar-refractivity contribution in [3.05, 3.63) is 24.3 Å². The molecule has 2 atom stereocenters. The van der Waals surface area contributed by atoms with E-state index < -0.39 is 10.4 Å². The molecule has 54 heavy (non-hydrogen) atoms. The number of rotatable bonds is 37. The smallest absolute Gasteiger partial charge is 0.372 e. The normalized spacial score (nSPS) is 14.2. The van der Waals surface area contributed by atoms with E-state index >= 15 is 0 Å². The average molecular weight is 782 g/mol. The van der Waals surface area contributed by atoms with Crippen LogP contribution >= 0.6 is 0 Å². The lowest BCUT2D eigenvalue weighted by molar-refractivity contribution is -0.122. The predicted molar refractivity (Wildman–Crippen MR) is 233 cm³/mol. The number of nitrogens with one attached hydrogen (secondary N) is 2. The Bertz CT molecular complexity index is 1030. The molecule has 0 fully saturated rings. The van der Waals surface area contributed by atoms with Crippen molar-refractivity contribution in [2.24, 2.45) is 10.9 Å². The summed E-state index contributed by atoms with van der Waals surface area (Å²) in [4.78, 5) is 17.6. The molecule has 8 nitrogen and oxygen atoms in total. The summed E-state index contributed by atoms with van der Waals surface area (Å²) in [6, 6.07) is 0.324. The summed E-state index contributed by atoms with van der Waals surface area (Å²) in [5.41, 5.74) is 0. The maximum atomic E-state index is 12.9. The van der Waals surface area contributed by atoms with Gasteiger partial charge in [-0.1, -0.05) is 148 Å². The first-order valence-corrected chi connectivity index (χ1v) is 24.1. The molecule has 1 heterocycles. The zero-order chi connectivity index (χ0) is 39.8. The lowest BCUT2D eigenvalue weighted by atomic mass is 9.94. The average Bonchev–Trinajstić information content (AvgIpc) is 3.68. The molecule has 9 heteroatoms. The number of allylic oxidation sites excluding steroid dienone is 4. The van der Waals surface area contributed by atoms with Gasteiger partial charge in [0.05, 0.1) is 19.0 Å². The van der Waals surface area contributed by atoms with Crippen molar-refractivity contribution in [3.8, 4) is 0 Å². The largest absolute Gasteiger partial charge is 0.397 e. The van der Waals surface area contributed by atoms with Gasteiger partial charge < -0.3 is 10.6 Å². The SMILES string of the molecule is CCCCCCCC/C=C\CCCCCCCC(=O)NC(CCCCC/C=C\CCCCCCCC)CCCC(CC)C1=NCCN1.CCOS(=O)(=O)O. The summed E-state index contributed by atoms with van der Waals surface area (Å²) in [6.45, 7) is 10.2. The van der Waals surface area contributed by atoms with Gasteiger partial charge >= 0.3 is 10.4 Å². The van der Waals surface area contributed by atoms with Crippen LogP contribution in [0.1, 0.15) is 220 Å². The van der Waals surface area contributed by atoms with Crippen LogP contribution in [0.15, 0.2) is 29.3 Å². The van der Waals surface area contributed by atoms with Gasteiger partial charge in [0.15, 0.2) is 0 Å². The monoisotopic (exact) mass is 782 g/mol. The van der Waals surface area contributed by atoms with E-state index in [1.54, 1.807) is 0 Å². The van der Waals surface area contributed by atoms with Gasteiger partial charge in [0.25, 0.3) is 0 Å². The lowest BCUT2D eigenvalue weighted by Crippen LogP contribution is -2.35. The summed E-state index contributed by atoms with van der Waals surface area (Å²) >= 11 is 0. The Kier molecular flexibility index (Phi) is 38.3. The van der Waals surface area contributed by atoms with Crippen molar-refractivity contribution < 1.29 is 21.9 Å². The molecule has 1 aliphatic heterocycles. The maximum Gasteiger partial charge on any atom is 0.397 e.